The van der Waals surface area contributed by atoms with Gasteiger partial charge in [-0.1, -0.05) is 105 Å². The Morgan fingerprint density at radius 2 is 1.19 bits per heavy atom. The molecule has 1 aliphatic carbocycles. The molecule has 4 nitrogen and oxygen atoms in total. The summed E-state index contributed by atoms with van der Waals surface area (Å²) in [4.78, 5) is 24.3. The maximum atomic E-state index is 12.8. The summed E-state index contributed by atoms with van der Waals surface area (Å²) in [5.41, 5.74) is 0. The first kappa shape index (κ1) is 29.0. The van der Waals surface area contributed by atoms with E-state index in [1.165, 1.54) is 64.2 Å². The Bertz CT molecular complexity index is 500. The van der Waals surface area contributed by atoms with Crippen LogP contribution >= 0.6 is 0 Å². The summed E-state index contributed by atoms with van der Waals surface area (Å²) < 4.78 is 5.89. The lowest BCUT2D eigenvalue weighted by molar-refractivity contribution is -0.164. The van der Waals surface area contributed by atoms with E-state index in [-0.39, 0.29) is 12.1 Å². The van der Waals surface area contributed by atoms with E-state index in [4.69, 9.17) is 4.74 Å². The molecule has 0 aromatic carbocycles. The largest absolute Gasteiger partial charge is 0.481 e. The number of hydrogen-bond acceptors (Lipinski definition) is 3. The Morgan fingerprint density at radius 1 is 0.719 bits per heavy atom. The van der Waals surface area contributed by atoms with Gasteiger partial charge in [0.2, 0.25) is 0 Å². The summed E-state index contributed by atoms with van der Waals surface area (Å²) in [6, 6.07) is 0. The van der Waals surface area contributed by atoms with Crippen molar-refractivity contribution in [2.45, 2.75) is 143 Å². The van der Waals surface area contributed by atoms with Crippen molar-refractivity contribution in [2.24, 2.45) is 23.7 Å². The fourth-order valence-corrected chi connectivity index (χ4v) is 5.05. The van der Waals surface area contributed by atoms with Crippen molar-refractivity contribution in [1.29, 1.82) is 0 Å². The molecule has 0 aromatic rings. The maximum Gasteiger partial charge on any atom is 0.310 e. The maximum absolute atomic E-state index is 12.8. The van der Waals surface area contributed by atoms with Crippen LogP contribution in [0.25, 0.3) is 0 Å². The standard InChI is InChI=1S/C28H52O4/c1-22(2)17-13-11-9-7-5-6-8-10-12-14-18-24(21-23(3)4)32-28(31)26-20-16-15-19-25(26)27(29)30/h22-26H,5-21H2,1-4H3,(H,29,30). The Morgan fingerprint density at radius 3 is 1.66 bits per heavy atom. The summed E-state index contributed by atoms with van der Waals surface area (Å²) in [5.74, 6) is -0.825. The van der Waals surface area contributed by atoms with Gasteiger partial charge in [-0.05, 0) is 43.9 Å². The zero-order chi connectivity index (χ0) is 23.8. The molecule has 1 rings (SSSR count). The summed E-state index contributed by atoms with van der Waals surface area (Å²) in [7, 11) is 0. The van der Waals surface area contributed by atoms with Crippen LogP contribution in [0.2, 0.25) is 0 Å². The lowest BCUT2D eigenvalue weighted by atomic mass is 9.79. The molecule has 0 radical (unpaired) electrons. The monoisotopic (exact) mass is 452 g/mol. The van der Waals surface area contributed by atoms with Crippen molar-refractivity contribution in [3.8, 4) is 0 Å². The van der Waals surface area contributed by atoms with Gasteiger partial charge < -0.3 is 9.84 Å². The third kappa shape index (κ3) is 13.5. The number of ether oxygens (including phenoxy) is 1. The van der Waals surface area contributed by atoms with Crippen molar-refractivity contribution in [3.05, 3.63) is 0 Å². The molecule has 0 saturated heterocycles. The van der Waals surface area contributed by atoms with Crippen LogP contribution in [-0.2, 0) is 14.3 Å². The van der Waals surface area contributed by atoms with Crippen LogP contribution < -0.4 is 0 Å². The van der Waals surface area contributed by atoms with Crippen LogP contribution in [0.5, 0.6) is 0 Å². The van der Waals surface area contributed by atoms with Crippen molar-refractivity contribution >= 4 is 11.9 Å². The van der Waals surface area contributed by atoms with Gasteiger partial charge in [0.15, 0.2) is 0 Å². The van der Waals surface area contributed by atoms with E-state index in [1.54, 1.807) is 0 Å². The zero-order valence-corrected chi connectivity index (χ0v) is 21.6. The Labute approximate surface area is 198 Å². The third-order valence-electron chi connectivity index (χ3n) is 6.96. The molecule has 0 amide bonds. The molecule has 188 valence electrons. The number of carboxylic acid groups (broad SMARTS) is 1. The lowest BCUT2D eigenvalue weighted by Crippen LogP contribution is -2.35. The number of hydrogen-bond donors (Lipinski definition) is 1. The van der Waals surface area contributed by atoms with Crippen LogP contribution in [-0.4, -0.2) is 23.1 Å². The SMILES string of the molecule is CC(C)CCCCCCCCCCCCC(CC(C)C)OC(=O)C1CCCCC1C(=O)O. The average molecular weight is 453 g/mol. The van der Waals surface area contributed by atoms with Gasteiger partial charge in [0.1, 0.15) is 6.10 Å². The molecule has 0 aliphatic heterocycles. The quantitative estimate of drug-likeness (QED) is 0.168. The molecule has 32 heavy (non-hydrogen) atoms. The normalized spacial score (nSPS) is 19.9. The number of aliphatic carboxylic acids is 1. The molecule has 0 heterocycles. The summed E-state index contributed by atoms with van der Waals surface area (Å²) in [5, 5.41) is 9.47. The van der Waals surface area contributed by atoms with Crippen LogP contribution in [0.3, 0.4) is 0 Å². The smallest absolute Gasteiger partial charge is 0.310 e. The van der Waals surface area contributed by atoms with Crippen molar-refractivity contribution < 1.29 is 19.4 Å². The van der Waals surface area contributed by atoms with E-state index in [2.05, 4.69) is 27.7 Å². The van der Waals surface area contributed by atoms with Gasteiger partial charge in [0, 0.05) is 0 Å². The molecule has 0 spiro atoms. The highest BCUT2D eigenvalue weighted by molar-refractivity contribution is 5.81. The van der Waals surface area contributed by atoms with Crippen molar-refractivity contribution in [3.63, 3.8) is 0 Å². The van der Waals surface area contributed by atoms with Crippen LogP contribution in [0.1, 0.15) is 137 Å². The molecule has 3 unspecified atom stereocenters. The van der Waals surface area contributed by atoms with Gasteiger partial charge in [-0.25, -0.2) is 0 Å². The summed E-state index contributed by atoms with van der Waals surface area (Å²) in [6.07, 6.45) is 19.3. The highest BCUT2D eigenvalue weighted by Crippen LogP contribution is 2.32. The van der Waals surface area contributed by atoms with Gasteiger partial charge in [-0.15, -0.1) is 0 Å². The van der Waals surface area contributed by atoms with Crippen LogP contribution in [0.15, 0.2) is 0 Å². The van der Waals surface area contributed by atoms with Gasteiger partial charge in [-0.3, -0.25) is 9.59 Å². The first-order valence-electron chi connectivity index (χ1n) is 13.7. The first-order chi connectivity index (χ1) is 15.3. The summed E-state index contributed by atoms with van der Waals surface area (Å²) in [6.45, 7) is 8.93. The van der Waals surface area contributed by atoms with Crippen molar-refractivity contribution in [1.82, 2.24) is 0 Å². The molecule has 1 saturated carbocycles. The van der Waals surface area contributed by atoms with Gasteiger partial charge in [0.05, 0.1) is 11.8 Å². The minimum absolute atomic E-state index is 0.0651. The highest BCUT2D eigenvalue weighted by Gasteiger charge is 2.37. The van der Waals surface area contributed by atoms with Gasteiger partial charge >= 0.3 is 11.9 Å². The average Bonchev–Trinajstić information content (AvgIpc) is 2.73. The van der Waals surface area contributed by atoms with Gasteiger partial charge in [-0.2, -0.15) is 0 Å². The highest BCUT2D eigenvalue weighted by atomic mass is 16.5. The lowest BCUT2D eigenvalue weighted by Gasteiger charge is -2.29. The first-order valence-corrected chi connectivity index (χ1v) is 13.7. The number of carbonyl (C=O) groups is 2. The van der Waals surface area contributed by atoms with E-state index < -0.39 is 17.8 Å². The predicted molar refractivity (Wildman–Crippen MR) is 133 cm³/mol. The molecule has 4 heteroatoms. The van der Waals surface area contributed by atoms with Gasteiger partial charge in [0.25, 0.3) is 0 Å². The molecular formula is C28H52O4. The van der Waals surface area contributed by atoms with E-state index >= 15 is 0 Å². The van der Waals surface area contributed by atoms with E-state index in [1.807, 2.05) is 0 Å². The molecule has 0 bridgehead atoms. The molecule has 1 N–H and O–H groups in total. The number of carboxylic acids is 1. The predicted octanol–water partition coefficient (Wildman–Crippen LogP) is 8.17. The zero-order valence-electron chi connectivity index (χ0n) is 21.6. The number of esters is 1. The number of rotatable bonds is 18. The minimum atomic E-state index is -0.845. The minimum Gasteiger partial charge on any atom is -0.481 e. The Kier molecular flexibility index (Phi) is 15.8. The third-order valence-corrected chi connectivity index (χ3v) is 6.96. The second-order valence-corrected chi connectivity index (χ2v) is 11.0. The molecule has 1 aliphatic rings. The Balaban J connectivity index is 2.20. The van der Waals surface area contributed by atoms with Crippen molar-refractivity contribution in [2.75, 3.05) is 0 Å². The van der Waals surface area contributed by atoms with E-state index in [0.29, 0.717) is 18.8 Å². The number of unbranched alkanes of at least 4 members (excludes halogenated alkanes) is 9. The van der Waals surface area contributed by atoms with E-state index in [0.717, 1.165) is 38.0 Å². The topological polar surface area (TPSA) is 63.6 Å². The fourth-order valence-electron chi connectivity index (χ4n) is 5.05. The second kappa shape index (κ2) is 17.4. The second-order valence-electron chi connectivity index (χ2n) is 11.0. The Hall–Kier alpha value is -1.06. The molecule has 0 aromatic heterocycles. The fraction of sp³-hybridized carbons (Fsp3) is 0.929. The molecule has 3 atom stereocenters. The molecule has 1 fully saturated rings. The number of carbonyl (C=O) groups excluding carboxylic acids is 1. The van der Waals surface area contributed by atoms with E-state index in [9.17, 15) is 14.7 Å². The summed E-state index contributed by atoms with van der Waals surface area (Å²) >= 11 is 0. The molecular weight excluding hydrogens is 400 g/mol. The van der Waals surface area contributed by atoms with Crippen LogP contribution in [0, 0.1) is 23.7 Å². The van der Waals surface area contributed by atoms with Crippen LogP contribution in [0.4, 0.5) is 0 Å².